The number of hydrogen-bond donors (Lipinski definition) is 2. The van der Waals surface area contributed by atoms with E-state index in [1.54, 1.807) is 0 Å². The van der Waals surface area contributed by atoms with E-state index in [4.69, 9.17) is 0 Å². The van der Waals surface area contributed by atoms with Gasteiger partial charge >= 0.3 is 0 Å². The molecule has 0 aromatic rings. The highest BCUT2D eigenvalue weighted by Gasteiger charge is 2.32. The van der Waals surface area contributed by atoms with Crippen LogP contribution in [-0.4, -0.2) is 47.8 Å². The quantitative estimate of drug-likeness (QED) is 0.746. The van der Waals surface area contributed by atoms with Crippen molar-refractivity contribution in [1.29, 1.82) is 0 Å². The summed E-state index contributed by atoms with van der Waals surface area (Å²) in [7, 11) is 2.07. The number of likely N-dealkylation sites (tertiary alicyclic amines) is 1. The molecule has 3 nitrogen and oxygen atoms in total. The third-order valence-electron chi connectivity index (χ3n) is 4.50. The molecule has 3 heteroatoms. The Morgan fingerprint density at radius 1 is 1.12 bits per heavy atom. The van der Waals surface area contributed by atoms with Crippen molar-refractivity contribution in [3.63, 3.8) is 0 Å². The van der Waals surface area contributed by atoms with E-state index < -0.39 is 5.60 Å². The zero-order valence-corrected chi connectivity index (χ0v) is 10.7. The minimum absolute atomic E-state index is 0.404. The molecule has 16 heavy (non-hydrogen) atoms. The van der Waals surface area contributed by atoms with Crippen molar-refractivity contribution in [2.75, 3.05) is 20.1 Å². The van der Waals surface area contributed by atoms with Crippen LogP contribution in [0.5, 0.6) is 0 Å². The fourth-order valence-corrected chi connectivity index (χ4v) is 3.10. The molecule has 94 valence electrons. The zero-order valence-electron chi connectivity index (χ0n) is 10.7. The molecule has 1 aliphatic carbocycles. The molecular weight excluding hydrogens is 200 g/mol. The van der Waals surface area contributed by atoms with Gasteiger partial charge < -0.3 is 15.3 Å². The smallest absolute Gasteiger partial charge is 0.0644 e. The van der Waals surface area contributed by atoms with E-state index in [1.807, 2.05) is 6.92 Å². The van der Waals surface area contributed by atoms with Crippen LogP contribution in [0.4, 0.5) is 0 Å². The third kappa shape index (κ3) is 2.96. The van der Waals surface area contributed by atoms with Crippen molar-refractivity contribution >= 4 is 0 Å². The van der Waals surface area contributed by atoms with Crippen molar-refractivity contribution in [2.45, 2.75) is 63.1 Å². The zero-order chi connectivity index (χ0) is 11.6. The van der Waals surface area contributed by atoms with E-state index in [2.05, 4.69) is 17.3 Å². The van der Waals surface area contributed by atoms with E-state index in [1.165, 1.54) is 25.7 Å². The molecule has 0 aromatic carbocycles. The first kappa shape index (κ1) is 12.3. The van der Waals surface area contributed by atoms with Crippen LogP contribution < -0.4 is 5.32 Å². The van der Waals surface area contributed by atoms with Crippen LogP contribution in [0, 0.1) is 0 Å². The largest absolute Gasteiger partial charge is 0.390 e. The molecule has 2 rings (SSSR count). The van der Waals surface area contributed by atoms with Crippen LogP contribution in [0.1, 0.15) is 45.4 Å². The van der Waals surface area contributed by atoms with Gasteiger partial charge in [-0.05, 0) is 52.5 Å². The van der Waals surface area contributed by atoms with Crippen LogP contribution in [0.15, 0.2) is 0 Å². The van der Waals surface area contributed by atoms with E-state index in [0.29, 0.717) is 0 Å². The molecule has 0 amide bonds. The lowest BCUT2D eigenvalue weighted by Crippen LogP contribution is -2.49. The van der Waals surface area contributed by atoms with Gasteiger partial charge in [-0.15, -0.1) is 0 Å². The molecule has 1 saturated heterocycles. The van der Waals surface area contributed by atoms with Crippen LogP contribution in [0.2, 0.25) is 0 Å². The van der Waals surface area contributed by atoms with Crippen LogP contribution in [-0.2, 0) is 0 Å². The maximum atomic E-state index is 9.93. The minimum Gasteiger partial charge on any atom is -0.390 e. The first-order valence-corrected chi connectivity index (χ1v) is 6.74. The summed E-state index contributed by atoms with van der Waals surface area (Å²) in [6.07, 6.45) is 7.17. The molecule has 2 fully saturated rings. The van der Waals surface area contributed by atoms with Gasteiger partial charge in [-0.25, -0.2) is 0 Å². The van der Waals surface area contributed by atoms with Crippen LogP contribution in [0.25, 0.3) is 0 Å². The van der Waals surface area contributed by atoms with Gasteiger partial charge in [0, 0.05) is 25.2 Å². The second kappa shape index (κ2) is 5.03. The van der Waals surface area contributed by atoms with Crippen LogP contribution >= 0.6 is 0 Å². The number of aliphatic hydroxyl groups is 1. The summed E-state index contributed by atoms with van der Waals surface area (Å²) in [5.74, 6) is 0. The van der Waals surface area contributed by atoms with Crippen molar-refractivity contribution in [2.24, 2.45) is 0 Å². The van der Waals surface area contributed by atoms with Crippen molar-refractivity contribution in [3.8, 4) is 0 Å². The minimum atomic E-state index is -0.404. The van der Waals surface area contributed by atoms with Gasteiger partial charge in [-0.1, -0.05) is 0 Å². The lowest BCUT2D eigenvalue weighted by atomic mass is 9.87. The molecular formula is C13H26N2O. The molecule has 2 aliphatic rings. The molecule has 1 aliphatic heterocycles. The van der Waals surface area contributed by atoms with Gasteiger partial charge in [0.05, 0.1) is 5.60 Å². The second-order valence-electron chi connectivity index (χ2n) is 5.83. The number of hydrogen-bond acceptors (Lipinski definition) is 3. The summed E-state index contributed by atoms with van der Waals surface area (Å²) in [5, 5.41) is 13.3. The Hall–Kier alpha value is -0.120. The molecule has 1 saturated carbocycles. The summed E-state index contributed by atoms with van der Waals surface area (Å²) in [6, 6.07) is 1.52. The molecule has 2 N–H and O–H groups in total. The lowest BCUT2D eigenvalue weighted by Gasteiger charge is -2.42. The number of piperidine rings is 1. The number of nitrogens with zero attached hydrogens (tertiary/aromatic N) is 1. The summed E-state index contributed by atoms with van der Waals surface area (Å²) >= 11 is 0. The summed E-state index contributed by atoms with van der Waals surface area (Å²) in [4.78, 5) is 2.60. The molecule has 0 unspecified atom stereocenters. The van der Waals surface area contributed by atoms with Crippen molar-refractivity contribution in [1.82, 2.24) is 10.2 Å². The average Bonchev–Trinajstić information content (AvgIpc) is 2.29. The summed E-state index contributed by atoms with van der Waals surface area (Å²) in [5.41, 5.74) is -0.404. The topological polar surface area (TPSA) is 35.5 Å². The molecule has 0 bridgehead atoms. The van der Waals surface area contributed by atoms with Crippen molar-refractivity contribution < 1.29 is 5.11 Å². The van der Waals surface area contributed by atoms with Gasteiger partial charge in [-0.2, -0.15) is 0 Å². The second-order valence-corrected chi connectivity index (χ2v) is 5.83. The Bertz CT molecular complexity index is 212. The maximum Gasteiger partial charge on any atom is 0.0644 e. The highest BCUT2D eigenvalue weighted by molar-refractivity contribution is 4.88. The predicted octanol–water partition coefficient (Wildman–Crippen LogP) is 1.36. The number of nitrogens with one attached hydrogen (secondary N) is 1. The SMILES string of the molecule is CNC1CCC(N2CCC(C)(O)CC2)CC1. The predicted molar refractivity (Wildman–Crippen MR) is 66.5 cm³/mol. The Balaban J connectivity index is 1.78. The Morgan fingerprint density at radius 2 is 1.69 bits per heavy atom. The van der Waals surface area contributed by atoms with Gasteiger partial charge in [-0.3, -0.25) is 0 Å². The monoisotopic (exact) mass is 226 g/mol. The lowest BCUT2D eigenvalue weighted by molar-refractivity contribution is -0.0216. The van der Waals surface area contributed by atoms with E-state index in [0.717, 1.165) is 38.0 Å². The number of rotatable bonds is 2. The van der Waals surface area contributed by atoms with Gasteiger partial charge in [0.15, 0.2) is 0 Å². The van der Waals surface area contributed by atoms with E-state index >= 15 is 0 Å². The standard InChI is InChI=1S/C13H26N2O/c1-13(16)7-9-15(10-8-13)12-5-3-11(14-2)4-6-12/h11-12,14,16H,3-10H2,1-2H3. The summed E-state index contributed by atoms with van der Waals surface area (Å²) in [6.45, 7) is 4.14. The molecule has 0 radical (unpaired) electrons. The molecule has 1 heterocycles. The van der Waals surface area contributed by atoms with Gasteiger partial charge in [0.1, 0.15) is 0 Å². The third-order valence-corrected chi connectivity index (χ3v) is 4.50. The fourth-order valence-electron chi connectivity index (χ4n) is 3.10. The molecule has 0 spiro atoms. The Morgan fingerprint density at radius 3 is 2.19 bits per heavy atom. The van der Waals surface area contributed by atoms with Crippen molar-refractivity contribution in [3.05, 3.63) is 0 Å². The molecule has 0 atom stereocenters. The first-order valence-electron chi connectivity index (χ1n) is 6.74. The van der Waals surface area contributed by atoms with Gasteiger partial charge in [0.2, 0.25) is 0 Å². The van der Waals surface area contributed by atoms with E-state index in [9.17, 15) is 5.11 Å². The van der Waals surface area contributed by atoms with E-state index in [-0.39, 0.29) is 0 Å². The maximum absolute atomic E-state index is 9.93. The highest BCUT2D eigenvalue weighted by atomic mass is 16.3. The fraction of sp³-hybridized carbons (Fsp3) is 1.00. The first-order chi connectivity index (χ1) is 7.61. The Kier molecular flexibility index (Phi) is 3.88. The average molecular weight is 226 g/mol. The Labute approximate surface area is 99.2 Å². The summed E-state index contributed by atoms with van der Waals surface area (Å²) < 4.78 is 0. The van der Waals surface area contributed by atoms with Crippen LogP contribution in [0.3, 0.4) is 0 Å². The molecule has 0 aromatic heterocycles. The highest BCUT2D eigenvalue weighted by Crippen LogP contribution is 2.28. The normalized spacial score (nSPS) is 36.2. The van der Waals surface area contributed by atoms with Gasteiger partial charge in [0.25, 0.3) is 0 Å².